The Kier molecular flexibility index (Phi) is 3.20. The zero-order chi connectivity index (χ0) is 9.84. The first-order chi connectivity index (χ1) is 6.13. The van der Waals surface area contributed by atoms with Crippen LogP contribution in [0.4, 0.5) is 0 Å². The van der Waals surface area contributed by atoms with Crippen molar-refractivity contribution in [2.75, 3.05) is 0 Å². The first-order valence-electron chi connectivity index (χ1n) is 4.45. The Balaban J connectivity index is 2.93. The fraction of sp³-hybridized carbons (Fsp3) is 0.364. The molecule has 0 fully saturated rings. The predicted molar refractivity (Wildman–Crippen MR) is 55.5 cm³/mol. The molecule has 2 heteroatoms. The molecule has 0 amide bonds. The lowest BCUT2D eigenvalue weighted by molar-refractivity contribution is 0.737. The molecule has 70 valence electrons. The number of aromatic nitrogens is 1. The molecule has 1 heterocycles. The molecule has 13 heavy (non-hydrogen) atoms. The Labute approximate surface area is 79.5 Å². The van der Waals surface area contributed by atoms with E-state index in [1.165, 1.54) is 0 Å². The summed E-state index contributed by atoms with van der Waals surface area (Å²) in [5, 5.41) is 0. The summed E-state index contributed by atoms with van der Waals surface area (Å²) < 4.78 is 0. The maximum atomic E-state index is 5.94. The normalized spacial score (nSPS) is 12.5. The Bertz CT molecular complexity index is 285. The Morgan fingerprint density at radius 3 is 2.46 bits per heavy atom. The minimum Gasteiger partial charge on any atom is -0.324 e. The fourth-order valence-corrected chi connectivity index (χ4v) is 1.40. The monoisotopic (exact) mass is 176 g/mol. The molecule has 0 bridgehead atoms. The van der Waals surface area contributed by atoms with Crippen LogP contribution in [0.5, 0.6) is 0 Å². The van der Waals surface area contributed by atoms with E-state index in [1.807, 2.05) is 32.1 Å². The van der Waals surface area contributed by atoms with Crippen molar-refractivity contribution in [3.05, 3.63) is 41.7 Å². The quantitative estimate of drug-likeness (QED) is 0.717. The van der Waals surface area contributed by atoms with Gasteiger partial charge in [-0.3, -0.25) is 4.98 Å². The SMILES string of the molecule is C=CCC(N)c1cc(C)nc(C)c1. The highest BCUT2D eigenvalue weighted by atomic mass is 14.7. The van der Waals surface area contributed by atoms with E-state index in [2.05, 4.69) is 11.6 Å². The minimum atomic E-state index is 0.0536. The molecule has 0 aliphatic carbocycles. The molecule has 0 radical (unpaired) electrons. The van der Waals surface area contributed by atoms with Gasteiger partial charge in [-0.15, -0.1) is 6.58 Å². The van der Waals surface area contributed by atoms with Gasteiger partial charge in [-0.2, -0.15) is 0 Å². The van der Waals surface area contributed by atoms with E-state index in [-0.39, 0.29) is 6.04 Å². The van der Waals surface area contributed by atoms with E-state index in [0.717, 1.165) is 23.4 Å². The van der Waals surface area contributed by atoms with Gasteiger partial charge in [-0.1, -0.05) is 6.08 Å². The molecule has 0 aromatic carbocycles. The number of hydrogen-bond donors (Lipinski definition) is 1. The highest BCUT2D eigenvalue weighted by molar-refractivity contribution is 5.23. The number of nitrogens with two attached hydrogens (primary N) is 1. The molecule has 2 N–H and O–H groups in total. The summed E-state index contributed by atoms with van der Waals surface area (Å²) in [6.45, 7) is 7.64. The van der Waals surface area contributed by atoms with E-state index < -0.39 is 0 Å². The summed E-state index contributed by atoms with van der Waals surface area (Å²) in [6.07, 6.45) is 2.65. The Morgan fingerprint density at radius 2 is 2.00 bits per heavy atom. The Hall–Kier alpha value is -1.15. The topological polar surface area (TPSA) is 38.9 Å². The number of pyridine rings is 1. The number of aryl methyl sites for hydroxylation is 2. The van der Waals surface area contributed by atoms with Crippen LogP contribution in [0.1, 0.15) is 29.4 Å². The van der Waals surface area contributed by atoms with E-state index in [1.54, 1.807) is 0 Å². The molecule has 0 saturated carbocycles. The van der Waals surface area contributed by atoms with Crippen molar-refractivity contribution in [2.45, 2.75) is 26.3 Å². The van der Waals surface area contributed by atoms with Gasteiger partial charge >= 0.3 is 0 Å². The summed E-state index contributed by atoms with van der Waals surface area (Å²) in [5.41, 5.74) is 9.13. The van der Waals surface area contributed by atoms with Crippen molar-refractivity contribution in [3.63, 3.8) is 0 Å². The average molecular weight is 176 g/mol. The lowest BCUT2D eigenvalue weighted by Crippen LogP contribution is -2.10. The van der Waals surface area contributed by atoms with Crippen LogP contribution < -0.4 is 5.73 Å². The molecule has 0 spiro atoms. The third-order valence-corrected chi connectivity index (χ3v) is 1.95. The van der Waals surface area contributed by atoms with Gasteiger partial charge in [0.2, 0.25) is 0 Å². The van der Waals surface area contributed by atoms with Crippen molar-refractivity contribution in [1.29, 1.82) is 0 Å². The second-order valence-corrected chi connectivity index (χ2v) is 3.31. The number of hydrogen-bond acceptors (Lipinski definition) is 2. The summed E-state index contributed by atoms with van der Waals surface area (Å²) >= 11 is 0. The molecule has 1 rings (SSSR count). The second kappa shape index (κ2) is 4.19. The smallest absolute Gasteiger partial charge is 0.0379 e. The van der Waals surface area contributed by atoms with Gasteiger partial charge in [-0.25, -0.2) is 0 Å². The van der Waals surface area contributed by atoms with Crippen LogP contribution in [-0.2, 0) is 0 Å². The summed E-state index contributed by atoms with van der Waals surface area (Å²) in [4.78, 5) is 4.30. The Morgan fingerprint density at radius 1 is 1.46 bits per heavy atom. The molecule has 0 aliphatic rings. The summed E-state index contributed by atoms with van der Waals surface area (Å²) in [6, 6.07) is 4.11. The van der Waals surface area contributed by atoms with Crippen LogP contribution in [0.15, 0.2) is 24.8 Å². The largest absolute Gasteiger partial charge is 0.324 e. The van der Waals surface area contributed by atoms with E-state index in [4.69, 9.17) is 5.73 Å². The molecule has 1 aromatic rings. The zero-order valence-corrected chi connectivity index (χ0v) is 8.25. The van der Waals surface area contributed by atoms with Crippen LogP contribution in [0, 0.1) is 13.8 Å². The van der Waals surface area contributed by atoms with Gasteiger partial charge in [0.05, 0.1) is 0 Å². The zero-order valence-electron chi connectivity index (χ0n) is 8.25. The first kappa shape index (κ1) is 9.93. The van der Waals surface area contributed by atoms with Crippen LogP contribution >= 0.6 is 0 Å². The maximum absolute atomic E-state index is 5.94. The van der Waals surface area contributed by atoms with Crippen LogP contribution in [0.2, 0.25) is 0 Å². The van der Waals surface area contributed by atoms with Gasteiger partial charge in [0.1, 0.15) is 0 Å². The van der Waals surface area contributed by atoms with Crippen molar-refractivity contribution in [3.8, 4) is 0 Å². The maximum Gasteiger partial charge on any atom is 0.0379 e. The molecular weight excluding hydrogens is 160 g/mol. The third kappa shape index (κ3) is 2.67. The van der Waals surface area contributed by atoms with E-state index in [9.17, 15) is 0 Å². The second-order valence-electron chi connectivity index (χ2n) is 3.31. The van der Waals surface area contributed by atoms with Gasteiger partial charge in [-0.05, 0) is 38.0 Å². The standard InChI is InChI=1S/C11H16N2/c1-4-5-11(12)10-6-8(2)13-9(3)7-10/h4,6-7,11H,1,5,12H2,2-3H3. The van der Waals surface area contributed by atoms with E-state index in [0.29, 0.717) is 0 Å². The molecule has 0 saturated heterocycles. The average Bonchev–Trinajstić information content (AvgIpc) is 2.03. The third-order valence-electron chi connectivity index (χ3n) is 1.95. The van der Waals surface area contributed by atoms with Crippen molar-refractivity contribution in [2.24, 2.45) is 5.73 Å². The number of nitrogens with zero attached hydrogens (tertiary/aromatic N) is 1. The van der Waals surface area contributed by atoms with Crippen LogP contribution in [0.3, 0.4) is 0 Å². The highest BCUT2D eigenvalue weighted by Crippen LogP contribution is 2.15. The molecule has 1 atom stereocenters. The van der Waals surface area contributed by atoms with Crippen molar-refractivity contribution >= 4 is 0 Å². The van der Waals surface area contributed by atoms with Crippen molar-refractivity contribution in [1.82, 2.24) is 4.98 Å². The first-order valence-corrected chi connectivity index (χ1v) is 4.45. The molecule has 1 unspecified atom stereocenters. The molecular formula is C11H16N2. The van der Waals surface area contributed by atoms with Crippen molar-refractivity contribution < 1.29 is 0 Å². The lowest BCUT2D eigenvalue weighted by atomic mass is 10.0. The van der Waals surface area contributed by atoms with E-state index >= 15 is 0 Å². The fourth-order valence-electron chi connectivity index (χ4n) is 1.40. The predicted octanol–water partition coefficient (Wildman–Crippen LogP) is 2.27. The summed E-state index contributed by atoms with van der Waals surface area (Å²) in [7, 11) is 0. The summed E-state index contributed by atoms with van der Waals surface area (Å²) in [5.74, 6) is 0. The molecule has 1 aromatic heterocycles. The van der Waals surface area contributed by atoms with Gasteiger partial charge in [0.25, 0.3) is 0 Å². The van der Waals surface area contributed by atoms with Crippen LogP contribution in [0.25, 0.3) is 0 Å². The number of rotatable bonds is 3. The highest BCUT2D eigenvalue weighted by Gasteiger charge is 2.04. The lowest BCUT2D eigenvalue weighted by Gasteiger charge is -2.10. The van der Waals surface area contributed by atoms with Crippen LogP contribution in [-0.4, -0.2) is 4.98 Å². The molecule has 2 nitrogen and oxygen atoms in total. The van der Waals surface area contributed by atoms with Gasteiger partial charge in [0, 0.05) is 17.4 Å². The van der Waals surface area contributed by atoms with Gasteiger partial charge in [0.15, 0.2) is 0 Å². The minimum absolute atomic E-state index is 0.0536. The molecule has 0 aliphatic heterocycles. The van der Waals surface area contributed by atoms with Gasteiger partial charge < -0.3 is 5.73 Å².